The van der Waals surface area contributed by atoms with Gasteiger partial charge in [-0.05, 0) is 24.6 Å². The largest absolute Gasteiger partial charge is 0.262 e. The van der Waals surface area contributed by atoms with Crippen molar-refractivity contribution < 1.29 is 0 Å². The number of rotatable bonds is 1. The summed E-state index contributed by atoms with van der Waals surface area (Å²) in [6.45, 7) is 7.20. The van der Waals surface area contributed by atoms with E-state index in [0.29, 0.717) is 0 Å². The van der Waals surface area contributed by atoms with Crippen LogP contribution in [0.15, 0.2) is 18.3 Å². The molecular weight excluding hydrogens is 110 g/mol. The van der Waals surface area contributed by atoms with E-state index in [1.165, 1.54) is 0 Å². The molecule has 1 radical (unpaired) electrons. The molecule has 0 N–H and O–H groups in total. The summed E-state index contributed by atoms with van der Waals surface area (Å²) in [5, 5.41) is 0. The fraction of sp³-hybridized carbons (Fsp3) is 0.125. The monoisotopic (exact) mass is 118 g/mol. The highest BCUT2D eigenvalue weighted by Crippen LogP contribution is 2.00. The Kier molecular flexibility index (Phi) is 1.63. The topological polar surface area (TPSA) is 12.9 Å². The highest BCUT2D eigenvalue weighted by atomic mass is 14.6. The molecule has 0 saturated carbocycles. The molecule has 0 aliphatic carbocycles. The van der Waals surface area contributed by atoms with Gasteiger partial charge in [0.25, 0.3) is 0 Å². The minimum atomic E-state index is 0.995. The predicted octanol–water partition coefficient (Wildman–Crippen LogP) is 1.84. The van der Waals surface area contributed by atoms with E-state index in [1.54, 1.807) is 12.3 Å². The van der Waals surface area contributed by atoms with Crippen molar-refractivity contribution >= 4 is 6.08 Å². The minimum Gasteiger partial charge on any atom is -0.262 e. The summed E-state index contributed by atoms with van der Waals surface area (Å²) in [4.78, 5) is 4.01. The van der Waals surface area contributed by atoms with Crippen LogP contribution in [0.3, 0.4) is 0 Å². The molecule has 0 bridgehead atoms. The van der Waals surface area contributed by atoms with Crippen molar-refractivity contribution in [2.75, 3.05) is 0 Å². The number of aromatic nitrogens is 1. The zero-order chi connectivity index (χ0) is 6.69. The third kappa shape index (κ3) is 1.39. The summed E-state index contributed by atoms with van der Waals surface area (Å²) in [6.07, 6.45) is 3.31. The molecule has 1 aromatic heterocycles. The van der Waals surface area contributed by atoms with Crippen LogP contribution in [-0.2, 0) is 0 Å². The maximum absolute atomic E-state index is 5.27. The van der Waals surface area contributed by atoms with E-state index in [2.05, 4.69) is 4.98 Å². The Bertz CT molecular complexity index is 216. The maximum atomic E-state index is 5.27. The first kappa shape index (κ1) is 6.02. The van der Waals surface area contributed by atoms with Gasteiger partial charge in [-0.3, -0.25) is 4.98 Å². The number of aryl methyl sites for hydroxylation is 1. The first-order chi connectivity index (χ1) is 4.33. The van der Waals surface area contributed by atoms with Crippen LogP contribution in [0.1, 0.15) is 11.3 Å². The molecule has 0 saturated heterocycles. The summed E-state index contributed by atoms with van der Waals surface area (Å²) in [5.41, 5.74) is 2.01. The lowest BCUT2D eigenvalue weighted by molar-refractivity contribution is 1.20. The molecule has 1 heteroatoms. The number of hydrogen-bond donors (Lipinski definition) is 0. The van der Waals surface area contributed by atoms with Crippen LogP contribution in [-0.4, -0.2) is 4.98 Å². The summed E-state index contributed by atoms with van der Waals surface area (Å²) in [6, 6.07) is 3.80. The summed E-state index contributed by atoms with van der Waals surface area (Å²) in [5.74, 6) is 0. The van der Waals surface area contributed by atoms with E-state index >= 15 is 0 Å². The summed E-state index contributed by atoms with van der Waals surface area (Å²) >= 11 is 0. The van der Waals surface area contributed by atoms with Gasteiger partial charge in [0, 0.05) is 11.9 Å². The Morgan fingerprint density at radius 2 is 2.44 bits per heavy atom. The third-order valence-electron chi connectivity index (χ3n) is 1.11. The number of hydrogen-bond acceptors (Lipinski definition) is 1. The second-order valence-corrected chi connectivity index (χ2v) is 1.90. The SMILES string of the molecule is [CH]=Cc1ccnc(C)c1. The Morgan fingerprint density at radius 1 is 1.67 bits per heavy atom. The molecule has 0 aliphatic heterocycles. The average Bonchev–Trinajstić information content (AvgIpc) is 1.88. The second kappa shape index (κ2) is 2.44. The third-order valence-corrected chi connectivity index (χ3v) is 1.11. The molecule has 0 aliphatic rings. The second-order valence-electron chi connectivity index (χ2n) is 1.90. The lowest BCUT2D eigenvalue weighted by Crippen LogP contribution is -1.78. The average molecular weight is 118 g/mol. The van der Waals surface area contributed by atoms with Gasteiger partial charge in [0.1, 0.15) is 0 Å². The van der Waals surface area contributed by atoms with Crippen molar-refractivity contribution in [1.82, 2.24) is 4.98 Å². The molecule has 1 heterocycles. The lowest BCUT2D eigenvalue weighted by atomic mass is 10.2. The van der Waals surface area contributed by atoms with Crippen molar-refractivity contribution in [3.05, 3.63) is 36.2 Å². The standard InChI is InChI=1S/C8H8N/c1-3-8-4-5-9-7(2)6-8/h1,3-6H,2H3. The van der Waals surface area contributed by atoms with E-state index in [9.17, 15) is 0 Å². The Labute approximate surface area is 55.1 Å². The highest BCUT2D eigenvalue weighted by molar-refractivity contribution is 5.44. The Hall–Kier alpha value is -1.11. The van der Waals surface area contributed by atoms with Crippen molar-refractivity contribution in [2.45, 2.75) is 6.92 Å². The van der Waals surface area contributed by atoms with Crippen LogP contribution >= 0.6 is 0 Å². The molecule has 1 nitrogen and oxygen atoms in total. The molecule has 0 spiro atoms. The molecule has 45 valence electrons. The van der Waals surface area contributed by atoms with Gasteiger partial charge < -0.3 is 0 Å². The first-order valence-corrected chi connectivity index (χ1v) is 2.80. The molecule has 9 heavy (non-hydrogen) atoms. The maximum Gasteiger partial charge on any atom is 0.0378 e. The normalized spacial score (nSPS) is 9.00. The molecule has 1 aromatic rings. The summed E-state index contributed by atoms with van der Waals surface area (Å²) < 4.78 is 0. The molecule has 0 unspecified atom stereocenters. The van der Waals surface area contributed by atoms with E-state index < -0.39 is 0 Å². The van der Waals surface area contributed by atoms with Gasteiger partial charge in [-0.2, -0.15) is 0 Å². The lowest BCUT2D eigenvalue weighted by Gasteiger charge is -1.91. The van der Waals surface area contributed by atoms with Gasteiger partial charge >= 0.3 is 0 Å². The molecule has 1 rings (SSSR count). The van der Waals surface area contributed by atoms with E-state index in [-0.39, 0.29) is 0 Å². The fourth-order valence-electron chi connectivity index (χ4n) is 0.671. The first-order valence-electron chi connectivity index (χ1n) is 2.80. The van der Waals surface area contributed by atoms with Gasteiger partial charge in [0.15, 0.2) is 0 Å². The van der Waals surface area contributed by atoms with Gasteiger partial charge in [0.2, 0.25) is 0 Å². The minimum absolute atomic E-state index is 0.995. The van der Waals surface area contributed by atoms with Crippen LogP contribution in [0, 0.1) is 13.5 Å². The molecule has 0 fully saturated rings. The van der Waals surface area contributed by atoms with Crippen molar-refractivity contribution in [3.8, 4) is 0 Å². The fourth-order valence-corrected chi connectivity index (χ4v) is 0.671. The molecule has 0 atom stereocenters. The molecule has 0 aromatic carbocycles. The smallest absolute Gasteiger partial charge is 0.0378 e. The van der Waals surface area contributed by atoms with Gasteiger partial charge in [0.05, 0.1) is 0 Å². The zero-order valence-electron chi connectivity index (χ0n) is 5.33. The molecule has 0 amide bonds. The van der Waals surface area contributed by atoms with Crippen LogP contribution in [0.2, 0.25) is 0 Å². The van der Waals surface area contributed by atoms with Crippen LogP contribution in [0.25, 0.3) is 6.08 Å². The zero-order valence-corrected chi connectivity index (χ0v) is 5.33. The van der Waals surface area contributed by atoms with Gasteiger partial charge in [-0.25, -0.2) is 0 Å². The summed E-state index contributed by atoms with van der Waals surface area (Å²) in [7, 11) is 0. The quantitative estimate of drug-likeness (QED) is 0.548. The van der Waals surface area contributed by atoms with Gasteiger partial charge in [-0.1, -0.05) is 12.7 Å². The van der Waals surface area contributed by atoms with Crippen LogP contribution in [0.5, 0.6) is 0 Å². The van der Waals surface area contributed by atoms with E-state index in [0.717, 1.165) is 11.3 Å². The predicted molar refractivity (Wildman–Crippen MR) is 37.7 cm³/mol. The van der Waals surface area contributed by atoms with Gasteiger partial charge in [-0.15, -0.1) is 0 Å². The van der Waals surface area contributed by atoms with Crippen molar-refractivity contribution in [1.29, 1.82) is 0 Å². The number of pyridine rings is 1. The number of nitrogens with zero attached hydrogens (tertiary/aromatic N) is 1. The Balaban J connectivity index is 3.07. The van der Waals surface area contributed by atoms with Crippen molar-refractivity contribution in [2.24, 2.45) is 0 Å². The van der Waals surface area contributed by atoms with E-state index in [1.807, 2.05) is 19.1 Å². The van der Waals surface area contributed by atoms with Crippen LogP contribution in [0.4, 0.5) is 0 Å². The van der Waals surface area contributed by atoms with Crippen molar-refractivity contribution in [3.63, 3.8) is 0 Å². The highest BCUT2D eigenvalue weighted by Gasteiger charge is 1.84. The van der Waals surface area contributed by atoms with Crippen LogP contribution < -0.4 is 0 Å². The Morgan fingerprint density at radius 3 is 2.89 bits per heavy atom. The molecular formula is C8H8N. The van der Waals surface area contributed by atoms with E-state index in [4.69, 9.17) is 6.58 Å².